The van der Waals surface area contributed by atoms with Crippen molar-refractivity contribution < 1.29 is 14.3 Å². The van der Waals surface area contributed by atoms with Gasteiger partial charge in [0.1, 0.15) is 5.75 Å². The van der Waals surface area contributed by atoms with E-state index in [0.29, 0.717) is 12.2 Å². The lowest BCUT2D eigenvalue weighted by Gasteiger charge is -2.06. The third kappa shape index (κ3) is 4.53. The third-order valence-corrected chi connectivity index (χ3v) is 3.97. The van der Waals surface area contributed by atoms with Gasteiger partial charge in [0.15, 0.2) is 0 Å². The van der Waals surface area contributed by atoms with Crippen LogP contribution in [0.3, 0.4) is 0 Å². The zero-order valence-corrected chi connectivity index (χ0v) is 13.0. The molecule has 0 aliphatic carbocycles. The largest absolute Gasteiger partial charge is 0.497 e. The Morgan fingerprint density at radius 1 is 1.14 bits per heavy atom. The van der Waals surface area contributed by atoms with Crippen molar-refractivity contribution >= 4 is 17.7 Å². The first-order valence-corrected chi connectivity index (χ1v) is 7.74. The summed E-state index contributed by atoms with van der Waals surface area (Å²) in [5, 5.41) is 0. The van der Waals surface area contributed by atoms with E-state index < -0.39 is 0 Å². The van der Waals surface area contributed by atoms with Gasteiger partial charge in [0, 0.05) is 10.6 Å². The Labute approximate surface area is 129 Å². The predicted octanol–water partition coefficient (Wildman–Crippen LogP) is 4.16. The first-order valence-electron chi connectivity index (χ1n) is 6.76. The highest BCUT2D eigenvalue weighted by Gasteiger charge is 2.07. The number of hydrogen-bond donors (Lipinski definition) is 0. The first-order chi connectivity index (χ1) is 10.2. The number of hydrogen-bond acceptors (Lipinski definition) is 4. The van der Waals surface area contributed by atoms with Crippen LogP contribution in [0.25, 0.3) is 0 Å². The Morgan fingerprint density at radius 3 is 2.57 bits per heavy atom. The van der Waals surface area contributed by atoms with Gasteiger partial charge in [-0.25, -0.2) is 4.79 Å². The summed E-state index contributed by atoms with van der Waals surface area (Å²) in [6.07, 6.45) is 0. The molecule has 4 heteroatoms. The van der Waals surface area contributed by atoms with E-state index in [4.69, 9.17) is 9.47 Å². The van der Waals surface area contributed by atoms with E-state index in [2.05, 4.69) is 0 Å². The molecule has 0 aromatic heterocycles. The number of ether oxygens (including phenoxy) is 2. The highest BCUT2D eigenvalue weighted by molar-refractivity contribution is 7.98. The van der Waals surface area contributed by atoms with E-state index in [1.807, 2.05) is 42.5 Å². The number of thioether (sulfide) groups is 1. The Kier molecular flexibility index (Phi) is 5.69. The molecular formula is C17H18O3S. The molecule has 0 saturated carbocycles. The van der Waals surface area contributed by atoms with E-state index in [1.54, 1.807) is 31.9 Å². The molecule has 0 unspecified atom stereocenters. The van der Waals surface area contributed by atoms with Gasteiger partial charge in [-0.2, -0.15) is 0 Å². The molecule has 0 radical (unpaired) electrons. The van der Waals surface area contributed by atoms with Gasteiger partial charge in [0.05, 0.1) is 19.3 Å². The average Bonchev–Trinajstić information content (AvgIpc) is 2.54. The van der Waals surface area contributed by atoms with Gasteiger partial charge in [-0.1, -0.05) is 18.2 Å². The molecule has 2 rings (SSSR count). The van der Waals surface area contributed by atoms with Crippen LogP contribution in [0.2, 0.25) is 0 Å². The van der Waals surface area contributed by atoms with Gasteiger partial charge in [-0.05, 0) is 42.8 Å². The SMILES string of the molecule is CCOC(=O)c1cccc(SCc2ccc(OC)cc2)c1. The maximum Gasteiger partial charge on any atom is 0.338 e. The predicted molar refractivity (Wildman–Crippen MR) is 85.0 cm³/mol. The number of rotatable bonds is 6. The van der Waals surface area contributed by atoms with E-state index in [-0.39, 0.29) is 5.97 Å². The molecule has 0 amide bonds. The molecular weight excluding hydrogens is 284 g/mol. The van der Waals surface area contributed by atoms with Gasteiger partial charge < -0.3 is 9.47 Å². The van der Waals surface area contributed by atoms with E-state index >= 15 is 0 Å². The van der Waals surface area contributed by atoms with E-state index in [1.165, 1.54) is 5.56 Å². The van der Waals surface area contributed by atoms with Crippen molar-refractivity contribution in [2.75, 3.05) is 13.7 Å². The number of benzene rings is 2. The van der Waals surface area contributed by atoms with E-state index in [0.717, 1.165) is 16.4 Å². The lowest BCUT2D eigenvalue weighted by molar-refractivity contribution is 0.0526. The normalized spacial score (nSPS) is 10.2. The van der Waals surface area contributed by atoms with Gasteiger partial charge in [0.2, 0.25) is 0 Å². The van der Waals surface area contributed by atoms with Gasteiger partial charge in [-0.15, -0.1) is 11.8 Å². The zero-order chi connectivity index (χ0) is 15.1. The maximum absolute atomic E-state index is 11.7. The van der Waals surface area contributed by atoms with Crippen LogP contribution in [0.4, 0.5) is 0 Å². The second kappa shape index (κ2) is 7.74. The van der Waals surface area contributed by atoms with Crippen LogP contribution in [0, 0.1) is 0 Å². The Hall–Kier alpha value is -1.94. The van der Waals surface area contributed by atoms with Crippen LogP contribution in [0.1, 0.15) is 22.8 Å². The molecule has 2 aromatic carbocycles. The van der Waals surface area contributed by atoms with Crippen LogP contribution in [0.15, 0.2) is 53.4 Å². The molecule has 0 aliphatic rings. The summed E-state index contributed by atoms with van der Waals surface area (Å²) >= 11 is 1.69. The first kappa shape index (κ1) is 15.4. The summed E-state index contributed by atoms with van der Waals surface area (Å²) in [5.74, 6) is 1.42. The number of esters is 1. The molecule has 0 bridgehead atoms. The van der Waals surface area contributed by atoms with Crippen molar-refractivity contribution in [2.24, 2.45) is 0 Å². The molecule has 0 saturated heterocycles. The topological polar surface area (TPSA) is 35.5 Å². The Bertz CT molecular complexity index is 593. The summed E-state index contributed by atoms with van der Waals surface area (Å²) in [6.45, 7) is 2.20. The number of carbonyl (C=O) groups is 1. The summed E-state index contributed by atoms with van der Waals surface area (Å²) in [4.78, 5) is 12.7. The number of carbonyl (C=O) groups excluding carboxylic acids is 1. The minimum Gasteiger partial charge on any atom is -0.497 e. The molecule has 2 aromatic rings. The summed E-state index contributed by atoms with van der Waals surface area (Å²) < 4.78 is 10.1. The fraction of sp³-hybridized carbons (Fsp3) is 0.235. The third-order valence-electron chi connectivity index (χ3n) is 2.91. The van der Waals surface area contributed by atoms with Gasteiger partial charge in [0.25, 0.3) is 0 Å². The average molecular weight is 302 g/mol. The van der Waals surface area contributed by atoms with Crippen molar-refractivity contribution in [3.05, 3.63) is 59.7 Å². The molecule has 0 N–H and O–H groups in total. The second-order valence-corrected chi connectivity index (χ2v) is 5.43. The van der Waals surface area contributed by atoms with Gasteiger partial charge in [-0.3, -0.25) is 0 Å². The molecule has 0 aliphatic heterocycles. The minimum absolute atomic E-state index is 0.274. The van der Waals surface area contributed by atoms with Crippen LogP contribution < -0.4 is 4.74 Å². The quantitative estimate of drug-likeness (QED) is 0.593. The van der Waals surface area contributed by atoms with Crippen LogP contribution in [-0.4, -0.2) is 19.7 Å². The lowest BCUT2D eigenvalue weighted by Crippen LogP contribution is -2.04. The number of methoxy groups -OCH3 is 1. The van der Waals surface area contributed by atoms with Gasteiger partial charge >= 0.3 is 5.97 Å². The lowest BCUT2D eigenvalue weighted by atomic mass is 10.2. The monoisotopic (exact) mass is 302 g/mol. The van der Waals surface area contributed by atoms with Crippen molar-refractivity contribution in [3.63, 3.8) is 0 Å². The van der Waals surface area contributed by atoms with Crippen molar-refractivity contribution in [1.82, 2.24) is 0 Å². The van der Waals surface area contributed by atoms with Crippen LogP contribution >= 0.6 is 11.8 Å². The Balaban J connectivity index is 1.99. The van der Waals surface area contributed by atoms with E-state index in [9.17, 15) is 4.79 Å². The van der Waals surface area contributed by atoms with Crippen molar-refractivity contribution in [2.45, 2.75) is 17.6 Å². The van der Waals surface area contributed by atoms with Crippen LogP contribution in [0.5, 0.6) is 5.75 Å². The van der Waals surface area contributed by atoms with Crippen molar-refractivity contribution in [3.8, 4) is 5.75 Å². The highest BCUT2D eigenvalue weighted by Crippen LogP contribution is 2.24. The molecule has 0 spiro atoms. The van der Waals surface area contributed by atoms with Crippen LogP contribution in [-0.2, 0) is 10.5 Å². The summed E-state index contributed by atoms with van der Waals surface area (Å²) in [7, 11) is 1.66. The van der Waals surface area contributed by atoms with Crippen molar-refractivity contribution in [1.29, 1.82) is 0 Å². The fourth-order valence-electron chi connectivity index (χ4n) is 1.82. The highest BCUT2D eigenvalue weighted by atomic mass is 32.2. The molecule has 0 heterocycles. The molecule has 21 heavy (non-hydrogen) atoms. The molecule has 0 fully saturated rings. The standard InChI is InChI=1S/C17H18O3S/c1-3-20-17(18)14-5-4-6-16(11-14)21-12-13-7-9-15(19-2)10-8-13/h4-11H,3,12H2,1-2H3. The minimum atomic E-state index is -0.274. The molecule has 0 atom stereocenters. The zero-order valence-electron chi connectivity index (χ0n) is 12.2. The Morgan fingerprint density at radius 2 is 1.90 bits per heavy atom. The fourth-order valence-corrected chi connectivity index (χ4v) is 2.73. The summed E-state index contributed by atoms with van der Waals surface area (Å²) in [5.41, 5.74) is 1.80. The molecule has 110 valence electrons. The molecule has 3 nitrogen and oxygen atoms in total. The smallest absolute Gasteiger partial charge is 0.338 e. The summed E-state index contributed by atoms with van der Waals surface area (Å²) in [6, 6.07) is 15.5. The maximum atomic E-state index is 11.7. The second-order valence-electron chi connectivity index (χ2n) is 4.39.